The summed E-state index contributed by atoms with van der Waals surface area (Å²) in [5, 5.41) is -5.86. The Morgan fingerprint density at radius 3 is 2.58 bits per heavy atom. The average Bonchev–Trinajstić information content (AvgIpc) is 3.24. The first-order chi connectivity index (χ1) is 15.2. The Labute approximate surface area is 197 Å². The molecule has 1 aromatic carbocycles. The molecule has 0 saturated carbocycles. The van der Waals surface area contributed by atoms with Crippen molar-refractivity contribution >= 4 is 44.6 Å². The van der Waals surface area contributed by atoms with Gasteiger partial charge in [-0.25, -0.2) is 13.2 Å². The van der Waals surface area contributed by atoms with Gasteiger partial charge in [-0.15, -0.1) is 0 Å². The van der Waals surface area contributed by atoms with E-state index in [9.17, 15) is 40.1 Å². The molecule has 0 aliphatic carbocycles. The highest BCUT2D eigenvalue weighted by Crippen LogP contribution is 2.51. The van der Waals surface area contributed by atoms with Gasteiger partial charge in [0.2, 0.25) is 0 Å². The van der Waals surface area contributed by atoms with Crippen LogP contribution in [-0.4, -0.2) is 60.7 Å². The molecule has 0 aromatic heterocycles. The van der Waals surface area contributed by atoms with Crippen molar-refractivity contribution < 1.29 is 59.1 Å². The van der Waals surface area contributed by atoms with Crippen LogP contribution in [0.4, 0.5) is 17.6 Å². The molecule has 1 aromatic rings. The van der Waals surface area contributed by atoms with Gasteiger partial charge in [0.15, 0.2) is 10.1 Å². The molecule has 15 heteroatoms. The molecule has 2 fully saturated rings. The number of esters is 2. The lowest BCUT2D eigenvalue weighted by molar-refractivity contribution is -0.187. The fourth-order valence-electron chi connectivity index (χ4n) is 3.98. The van der Waals surface area contributed by atoms with Crippen LogP contribution in [0.5, 0.6) is 5.75 Å². The number of carbonyl (C=O) groups is 2. The maximum Gasteiger partial charge on any atom is 0.396 e. The van der Waals surface area contributed by atoms with Crippen molar-refractivity contribution in [3.63, 3.8) is 0 Å². The Bertz CT molecular complexity index is 1110. The summed E-state index contributed by atoms with van der Waals surface area (Å²) in [7, 11) is -6.63. The smallest absolute Gasteiger partial charge is 0.396 e. The van der Waals surface area contributed by atoms with E-state index < -0.39 is 70.2 Å². The highest BCUT2D eigenvalue weighted by atomic mass is 127. The second-order valence-electron chi connectivity index (χ2n) is 7.75. The van der Waals surface area contributed by atoms with Crippen molar-refractivity contribution in [1.82, 2.24) is 0 Å². The molecular formula is C18H14F4IO9S-. The Kier molecular flexibility index (Phi) is 5.85. The summed E-state index contributed by atoms with van der Waals surface area (Å²) in [6.07, 6.45) is -3.72. The fourth-order valence-corrected chi connectivity index (χ4v) is 4.91. The Balaban J connectivity index is 1.37. The molecule has 3 aliphatic rings. The third kappa shape index (κ3) is 4.05. The second-order valence-corrected chi connectivity index (χ2v) is 10.4. The summed E-state index contributed by atoms with van der Waals surface area (Å²) < 4.78 is 107. The Morgan fingerprint density at radius 1 is 1.27 bits per heavy atom. The minimum absolute atomic E-state index is 0.0580. The molecule has 182 valence electrons. The molecule has 0 radical (unpaired) electrons. The van der Waals surface area contributed by atoms with Crippen LogP contribution in [0, 0.1) is 9.49 Å². The van der Waals surface area contributed by atoms with Gasteiger partial charge in [0.25, 0.3) is 5.79 Å². The maximum absolute atomic E-state index is 13.5. The highest BCUT2D eigenvalue weighted by molar-refractivity contribution is 14.1. The van der Waals surface area contributed by atoms with Crippen molar-refractivity contribution in [2.24, 2.45) is 5.92 Å². The number of hydrogen-bond donors (Lipinski definition) is 0. The van der Waals surface area contributed by atoms with Crippen molar-refractivity contribution in [3.8, 4) is 5.75 Å². The lowest BCUT2D eigenvalue weighted by Crippen LogP contribution is -2.53. The number of alkyl halides is 4. The van der Waals surface area contributed by atoms with Gasteiger partial charge in [-0.2, -0.15) is 17.6 Å². The molecular weight excluding hydrogens is 595 g/mol. The quantitative estimate of drug-likeness (QED) is 0.207. The van der Waals surface area contributed by atoms with E-state index >= 15 is 0 Å². The maximum atomic E-state index is 13.5. The molecule has 2 bridgehead atoms. The molecule has 2 saturated heterocycles. The van der Waals surface area contributed by atoms with Crippen LogP contribution < -0.4 is 4.74 Å². The third-order valence-corrected chi connectivity index (χ3v) is 7.24. The van der Waals surface area contributed by atoms with Gasteiger partial charge >= 0.3 is 23.1 Å². The van der Waals surface area contributed by atoms with Crippen LogP contribution in [0.25, 0.3) is 0 Å². The molecule has 0 N–H and O–H groups in total. The van der Waals surface area contributed by atoms with Gasteiger partial charge in [-0.1, -0.05) is 0 Å². The van der Waals surface area contributed by atoms with Crippen molar-refractivity contribution in [3.05, 3.63) is 27.3 Å². The third-order valence-electron chi connectivity index (χ3n) is 5.65. The van der Waals surface area contributed by atoms with Crippen LogP contribution in [0.3, 0.4) is 0 Å². The Hall–Kier alpha value is -1.72. The first-order valence-corrected chi connectivity index (χ1v) is 11.9. The van der Waals surface area contributed by atoms with Gasteiger partial charge in [-0.3, -0.25) is 4.79 Å². The van der Waals surface area contributed by atoms with E-state index in [0.29, 0.717) is 0 Å². The van der Waals surface area contributed by atoms with E-state index in [-0.39, 0.29) is 24.2 Å². The van der Waals surface area contributed by atoms with Gasteiger partial charge in [-0.05, 0) is 47.2 Å². The van der Waals surface area contributed by atoms with E-state index in [0.717, 1.165) is 3.57 Å². The van der Waals surface area contributed by atoms with Crippen LogP contribution >= 0.6 is 22.6 Å². The topological polar surface area (TPSA) is 128 Å². The summed E-state index contributed by atoms with van der Waals surface area (Å²) in [5.74, 6) is -9.09. The number of rotatable bonds is 6. The zero-order valence-corrected chi connectivity index (χ0v) is 19.2. The van der Waals surface area contributed by atoms with E-state index in [4.69, 9.17) is 14.2 Å². The largest absolute Gasteiger partial charge is 0.743 e. The van der Waals surface area contributed by atoms with Crippen LogP contribution in [0.15, 0.2) is 18.2 Å². The highest BCUT2D eigenvalue weighted by Gasteiger charge is 2.65. The first kappa shape index (κ1) is 24.4. The molecule has 4 atom stereocenters. The van der Waals surface area contributed by atoms with E-state index in [1.165, 1.54) is 6.07 Å². The Morgan fingerprint density at radius 2 is 1.97 bits per heavy atom. The zero-order chi connectivity index (χ0) is 24.4. The van der Waals surface area contributed by atoms with Crippen molar-refractivity contribution in [2.45, 2.75) is 48.4 Å². The van der Waals surface area contributed by atoms with Gasteiger partial charge in [0.1, 0.15) is 17.4 Å². The summed E-state index contributed by atoms with van der Waals surface area (Å²) >= 11 is 2.03. The predicted molar refractivity (Wildman–Crippen MR) is 104 cm³/mol. The van der Waals surface area contributed by atoms with E-state index in [1.807, 2.05) is 22.6 Å². The van der Waals surface area contributed by atoms with E-state index in [1.54, 1.807) is 12.1 Å². The number of carbonyl (C=O) groups excluding carboxylic acids is 2. The lowest BCUT2D eigenvalue weighted by Gasteiger charge is -2.39. The predicted octanol–water partition coefficient (Wildman–Crippen LogP) is 2.42. The van der Waals surface area contributed by atoms with Crippen molar-refractivity contribution in [1.29, 1.82) is 0 Å². The molecule has 1 spiro atoms. The summed E-state index contributed by atoms with van der Waals surface area (Å²) in [4.78, 5) is 24.7. The van der Waals surface area contributed by atoms with E-state index in [2.05, 4.69) is 4.74 Å². The monoisotopic (exact) mass is 609 g/mol. The van der Waals surface area contributed by atoms with Crippen molar-refractivity contribution in [2.75, 3.05) is 6.61 Å². The number of ether oxygens (including phenoxy) is 4. The lowest BCUT2D eigenvalue weighted by atomic mass is 9.84. The molecule has 9 nitrogen and oxygen atoms in total. The molecule has 4 rings (SSSR count). The first-order valence-electron chi connectivity index (χ1n) is 9.42. The van der Waals surface area contributed by atoms with Crippen LogP contribution in [-0.2, 0) is 29.1 Å². The van der Waals surface area contributed by atoms with Crippen LogP contribution in [0.1, 0.15) is 29.6 Å². The minimum atomic E-state index is -6.63. The number of fused-ring (bicyclic) bond motifs is 4. The normalized spacial score (nSPS) is 28.9. The SMILES string of the molecule is O=C1OC2(CC3OC2CC3C(=O)OCCC(F)(F)C(F)(F)S(=O)(=O)[O-])Oc2cc(I)ccc21. The van der Waals surface area contributed by atoms with Gasteiger partial charge < -0.3 is 23.5 Å². The number of benzene rings is 1. The van der Waals surface area contributed by atoms with Gasteiger partial charge in [0.05, 0.1) is 31.5 Å². The number of halogens is 5. The molecule has 33 heavy (non-hydrogen) atoms. The standard InChI is InChI=1S/C18H15F4IO9S/c19-17(20,18(21,22)33(26,27)28)3-4-29-14(24)10-6-13-16(7-12(10)30-13)31-11-5-8(23)1-2-9(11)15(25)32-16/h1-2,5,10,12-13H,3-4,6-7H2,(H,26,27,28)/p-1. The minimum Gasteiger partial charge on any atom is -0.743 e. The molecule has 4 unspecified atom stereocenters. The molecule has 3 aliphatic heterocycles. The summed E-state index contributed by atoms with van der Waals surface area (Å²) in [6.45, 7) is -1.26. The molecule has 0 amide bonds. The second kappa shape index (κ2) is 7.91. The fraction of sp³-hybridized carbons (Fsp3) is 0.556. The average molecular weight is 609 g/mol. The molecule has 3 heterocycles. The van der Waals surface area contributed by atoms with Crippen LogP contribution in [0.2, 0.25) is 0 Å². The summed E-state index contributed by atoms with van der Waals surface area (Å²) in [5.41, 5.74) is 0.220. The number of hydrogen-bond acceptors (Lipinski definition) is 9. The summed E-state index contributed by atoms with van der Waals surface area (Å²) in [6, 6.07) is 4.86. The zero-order valence-electron chi connectivity index (χ0n) is 16.3. The van der Waals surface area contributed by atoms with Gasteiger partial charge in [0, 0.05) is 3.57 Å².